The van der Waals surface area contributed by atoms with E-state index < -0.39 is 0 Å². The van der Waals surface area contributed by atoms with E-state index >= 15 is 0 Å². The molecule has 0 radical (unpaired) electrons. The van der Waals surface area contributed by atoms with E-state index in [0.717, 1.165) is 17.8 Å². The molecule has 0 bridgehead atoms. The molecular weight excluding hydrogens is 216 g/mol. The molecule has 0 amide bonds. The van der Waals surface area contributed by atoms with Gasteiger partial charge in [-0.1, -0.05) is 90.4 Å². The molecule has 0 aromatic carbocycles. The van der Waals surface area contributed by atoms with Crippen molar-refractivity contribution in [2.24, 2.45) is 17.8 Å². The molecule has 0 saturated heterocycles. The predicted octanol–water partition coefficient (Wildman–Crippen LogP) is 6.34. The smallest absolute Gasteiger partial charge is 0.0386 e. The molecule has 106 valence electrons. The molecule has 3 atom stereocenters. The van der Waals surface area contributed by atoms with Gasteiger partial charge in [-0.2, -0.15) is 0 Å². The molecule has 0 nitrogen and oxygen atoms in total. The van der Waals surface area contributed by atoms with Gasteiger partial charge in [-0.05, 0) is 24.2 Å². The van der Waals surface area contributed by atoms with Crippen LogP contribution in [0.25, 0.3) is 0 Å². The Hall–Kier alpha value is 0. The minimum Gasteiger partial charge on any atom is -0.0654 e. The lowest BCUT2D eigenvalue weighted by molar-refractivity contribution is 0.212. The molecule has 0 aromatic heterocycles. The number of hydrogen-bond acceptors (Lipinski definition) is 0. The van der Waals surface area contributed by atoms with Crippen LogP contribution in [0.5, 0.6) is 0 Å². The molecule has 2 aliphatic rings. The van der Waals surface area contributed by atoms with Gasteiger partial charge < -0.3 is 0 Å². The van der Waals surface area contributed by atoms with Crippen LogP contribution in [0.15, 0.2) is 0 Å². The molecular formula is C18H34. The molecule has 0 N–H and O–H groups in total. The van der Waals surface area contributed by atoms with E-state index in [4.69, 9.17) is 0 Å². The molecule has 0 spiro atoms. The second kappa shape index (κ2) is 8.23. The van der Waals surface area contributed by atoms with Gasteiger partial charge in [0, 0.05) is 0 Å². The van der Waals surface area contributed by atoms with Crippen molar-refractivity contribution in [3.8, 4) is 0 Å². The summed E-state index contributed by atoms with van der Waals surface area (Å²) in [7, 11) is 0. The van der Waals surface area contributed by atoms with Crippen LogP contribution >= 0.6 is 0 Å². The van der Waals surface area contributed by atoms with E-state index in [1.165, 1.54) is 51.4 Å². The van der Waals surface area contributed by atoms with Crippen molar-refractivity contribution in [1.82, 2.24) is 0 Å². The van der Waals surface area contributed by atoms with Crippen LogP contribution < -0.4 is 0 Å². The first kappa shape index (κ1) is 14.4. The van der Waals surface area contributed by atoms with E-state index in [1.807, 2.05) is 0 Å². The monoisotopic (exact) mass is 250 g/mol. The zero-order valence-corrected chi connectivity index (χ0v) is 12.6. The van der Waals surface area contributed by atoms with Crippen LogP contribution in [0.4, 0.5) is 0 Å². The van der Waals surface area contributed by atoms with Gasteiger partial charge in [-0.15, -0.1) is 0 Å². The predicted molar refractivity (Wildman–Crippen MR) is 80.8 cm³/mol. The first-order valence-electron chi connectivity index (χ1n) is 8.90. The highest BCUT2D eigenvalue weighted by Gasteiger charge is 2.26. The fourth-order valence-corrected chi connectivity index (χ4v) is 4.46. The van der Waals surface area contributed by atoms with Crippen LogP contribution in [0.2, 0.25) is 0 Å². The highest BCUT2D eigenvalue weighted by atomic mass is 14.3. The normalized spacial score (nSPS) is 34.2. The Morgan fingerprint density at radius 1 is 0.667 bits per heavy atom. The summed E-state index contributed by atoms with van der Waals surface area (Å²) >= 11 is 0. The van der Waals surface area contributed by atoms with Gasteiger partial charge in [0.1, 0.15) is 0 Å². The van der Waals surface area contributed by atoms with Gasteiger partial charge in [0.15, 0.2) is 0 Å². The summed E-state index contributed by atoms with van der Waals surface area (Å²) in [6.45, 7) is 2.33. The molecule has 3 unspecified atom stereocenters. The molecule has 2 fully saturated rings. The van der Waals surface area contributed by atoms with Crippen molar-refractivity contribution < 1.29 is 0 Å². The highest BCUT2D eigenvalue weighted by Crippen LogP contribution is 2.39. The van der Waals surface area contributed by atoms with Gasteiger partial charge in [-0.3, -0.25) is 0 Å². The molecule has 2 saturated carbocycles. The van der Waals surface area contributed by atoms with Gasteiger partial charge in [-0.25, -0.2) is 0 Å². The largest absolute Gasteiger partial charge is 0.0654 e. The second-order valence-electron chi connectivity index (χ2n) is 7.03. The number of hydrogen-bond donors (Lipinski definition) is 0. The van der Waals surface area contributed by atoms with E-state index in [1.54, 1.807) is 38.5 Å². The van der Waals surface area contributed by atoms with Gasteiger partial charge in [0.25, 0.3) is 0 Å². The van der Waals surface area contributed by atoms with Crippen LogP contribution in [0, 0.1) is 17.8 Å². The Labute approximate surface area is 115 Å². The zero-order valence-electron chi connectivity index (χ0n) is 12.6. The zero-order chi connectivity index (χ0) is 12.6. The fourth-order valence-electron chi connectivity index (χ4n) is 4.46. The van der Waals surface area contributed by atoms with Crippen molar-refractivity contribution in [3.05, 3.63) is 0 Å². The van der Waals surface area contributed by atoms with Crippen LogP contribution in [-0.4, -0.2) is 0 Å². The molecule has 2 rings (SSSR count). The Kier molecular flexibility index (Phi) is 6.59. The third-order valence-corrected chi connectivity index (χ3v) is 5.67. The van der Waals surface area contributed by atoms with Crippen LogP contribution in [0.1, 0.15) is 96.8 Å². The summed E-state index contributed by atoms with van der Waals surface area (Å²) in [4.78, 5) is 0. The van der Waals surface area contributed by atoms with Crippen LogP contribution in [-0.2, 0) is 0 Å². The number of rotatable bonds is 4. The molecule has 0 heterocycles. The lowest BCUT2D eigenvalue weighted by Gasteiger charge is -2.30. The van der Waals surface area contributed by atoms with Gasteiger partial charge in [0.2, 0.25) is 0 Å². The first-order valence-corrected chi connectivity index (χ1v) is 8.90. The van der Waals surface area contributed by atoms with E-state index in [-0.39, 0.29) is 0 Å². The average molecular weight is 250 g/mol. The summed E-state index contributed by atoms with van der Waals surface area (Å²) in [5, 5.41) is 0. The Morgan fingerprint density at radius 3 is 2.17 bits per heavy atom. The lowest BCUT2D eigenvalue weighted by Crippen LogP contribution is -2.18. The molecule has 2 aliphatic carbocycles. The summed E-state index contributed by atoms with van der Waals surface area (Å²) < 4.78 is 0. The maximum absolute atomic E-state index is 2.33. The highest BCUT2D eigenvalue weighted by molar-refractivity contribution is 4.78. The van der Waals surface area contributed by atoms with Gasteiger partial charge >= 0.3 is 0 Å². The average Bonchev–Trinajstić information content (AvgIpc) is 2.57. The van der Waals surface area contributed by atoms with Crippen molar-refractivity contribution >= 4 is 0 Å². The summed E-state index contributed by atoms with van der Waals surface area (Å²) in [6.07, 6.45) is 21.4. The first-order chi connectivity index (χ1) is 8.90. The molecule has 0 aliphatic heterocycles. The van der Waals surface area contributed by atoms with Crippen molar-refractivity contribution in [3.63, 3.8) is 0 Å². The summed E-state index contributed by atoms with van der Waals surface area (Å²) in [6, 6.07) is 0. The summed E-state index contributed by atoms with van der Waals surface area (Å²) in [5.74, 6) is 3.31. The minimum atomic E-state index is 1.08. The van der Waals surface area contributed by atoms with Crippen LogP contribution in [0.3, 0.4) is 0 Å². The maximum atomic E-state index is 2.33. The molecule has 0 heteroatoms. The van der Waals surface area contributed by atoms with E-state index in [2.05, 4.69) is 6.92 Å². The van der Waals surface area contributed by atoms with Gasteiger partial charge in [0.05, 0.1) is 0 Å². The number of unbranched alkanes of at least 4 members (excludes halogenated alkanes) is 2. The third-order valence-electron chi connectivity index (χ3n) is 5.67. The molecule has 18 heavy (non-hydrogen) atoms. The Morgan fingerprint density at radius 2 is 1.39 bits per heavy atom. The van der Waals surface area contributed by atoms with Crippen molar-refractivity contribution in [1.29, 1.82) is 0 Å². The summed E-state index contributed by atoms with van der Waals surface area (Å²) in [5.41, 5.74) is 0. The van der Waals surface area contributed by atoms with Crippen molar-refractivity contribution in [2.45, 2.75) is 96.8 Å². The SMILES string of the molecule is CCCCCC1CCCC2CCCCCC2CC1. The standard InChI is InChI=1S/C18H34/c1-2-3-5-9-16-10-8-13-17-11-6-4-7-12-18(17)15-14-16/h16-18H,2-15H2,1H3. The Bertz CT molecular complexity index is 208. The quantitative estimate of drug-likeness (QED) is 0.510. The third kappa shape index (κ3) is 4.59. The topological polar surface area (TPSA) is 0 Å². The number of fused-ring (bicyclic) bond motifs is 1. The van der Waals surface area contributed by atoms with E-state index in [0.29, 0.717) is 0 Å². The lowest BCUT2D eigenvalue weighted by atomic mass is 9.75. The minimum absolute atomic E-state index is 1.08. The second-order valence-corrected chi connectivity index (χ2v) is 7.03. The van der Waals surface area contributed by atoms with E-state index in [9.17, 15) is 0 Å². The fraction of sp³-hybridized carbons (Fsp3) is 1.00. The van der Waals surface area contributed by atoms with Crippen molar-refractivity contribution in [2.75, 3.05) is 0 Å². The maximum Gasteiger partial charge on any atom is -0.0386 e. The molecule has 0 aromatic rings. The Balaban J connectivity index is 1.77.